The number of benzene rings is 1. The van der Waals surface area contributed by atoms with E-state index >= 15 is 0 Å². The van der Waals surface area contributed by atoms with Gasteiger partial charge in [0.1, 0.15) is 4.21 Å². The molecule has 130 valence electrons. The maximum Gasteiger partial charge on any atom is 0.271 e. The minimum atomic E-state index is -3.68. The Kier molecular flexibility index (Phi) is 5.22. The number of thiophene rings is 1. The number of hydrogen-bond donors (Lipinski definition) is 1. The first-order valence-corrected chi connectivity index (χ1v) is 10.0. The summed E-state index contributed by atoms with van der Waals surface area (Å²) in [6, 6.07) is 13.4. The summed E-state index contributed by atoms with van der Waals surface area (Å²) in [7, 11) is -3.68. The van der Waals surface area contributed by atoms with Crippen LogP contribution in [0.3, 0.4) is 0 Å². The number of halogens is 1. The zero-order valence-corrected chi connectivity index (χ0v) is 15.5. The van der Waals surface area contributed by atoms with Crippen molar-refractivity contribution in [3.63, 3.8) is 0 Å². The molecule has 0 aliphatic heterocycles. The Morgan fingerprint density at radius 1 is 1.16 bits per heavy atom. The number of anilines is 1. The molecule has 0 spiro atoms. The van der Waals surface area contributed by atoms with Gasteiger partial charge in [-0.15, -0.1) is 21.5 Å². The van der Waals surface area contributed by atoms with Crippen molar-refractivity contribution in [1.29, 1.82) is 0 Å². The monoisotopic (exact) mass is 395 g/mol. The van der Waals surface area contributed by atoms with Crippen LogP contribution in [-0.2, 0) is 10.0 Å². The highest BCUT2D eigenvalue weighted by Crippen LogP contribution is 2.28. The number of nitrogens with zero attached hydrogens (tertiary/aromatic N) is 2. The molecule has 0 radical (unpaired) electrons. The van der Waals surface area contributed by atoms with Crippen molar-refractivity contribution < 1.29 is 13.2 Å². The fourth-order valence-corrected chi connectivity index (χ4v) is 4.62. The standard InChI is InChI=1S/C16H14ClN3O3S2/c1-2-23-15-8-6-13(18-19-15)11-4-3-5-12(10-11)20-25(21,22)16-9-7-14(17)24-16/h3-10,20H,2H2,1H3. The van der Waals surface area contributed by atoms with Crippen LogP contribution in [0, 0.1) is 0 Å². The van der Waals surface area contributed by atoms with Gasteiger partial charge in [-0.1, -0.05) is 23.7 Å². The van der Waals surface area contributed by atoms with E-state index in [2.05, 4.69) is 14.9 Å². The molecule has 6 nitrogen and oxygen atoms in total. The van der Waals surface area contributed by atoms with Crippen LogP contribution in [-0.4, -0.2) is 25.2 Å². The molecule has 2 heterocycles. The maximum absolute atomic E-state index is 12.4. The van der Waals surface area contributed by atoms with Crippen LogP contribution >= 0.6 is 22.9 Å². The average Bonchev–Trinajstić information content (AvgIpc) is 3.03. The summed E-state index contributed by atoms with van der Waals surface area (Å²) in [5.41, 5.74) is 1.78. The van der Waals surface area contributed by atoms with Gasteiger partial charge in [-0.3, -0.25) is 4.72 Å². The summed E-state index contributed by atoms with van der Waals surface area (Å²) >= 11 is 6.81. The summed E-state index contributed by atoms with van der Waals surface area (Å²) in [6.07, 6.45) is 0. The van der Waals surface area contributed by atoms with Crippen LogP contribution in [0.2, 0.25) is 4.34 Å². The van der Waals surface area contributed by atoms with Gasteiger partial charge in [0.25, 0.3) is 10.0 Å². The van der Waals surface area contributed by atoms with E-state index in [4.69, 9.17) is 16.3 Å². The molecular weight excluding hydrogens is 382 g/mol. The third kappa shape index (κ3) is 4.28. The van der Waals surface area contributed by atoms with Crippen molar-refractivity contribution in [3.8, 4) is 17.1 Å². The molecular formula is C16H14ClN3O3S2. The maximum atomic E-state index is 12.4. The smallest absolute Gasteiger partial charge is 0.271 e. The Morgan fingerprint density at radius 2 is 2.00 bits per heavy atom. The second-order valence-electron chi connectivity index (χ2n) is 4.93. The molecule has 9 heteroatoms. The van der Waals surface area contributed by atoms with E-state index in [0.29, 0.717) is 28.2 Å². The Labute approximate surface area is 154 Å². The van der Waals surface area contributed by atoms with Crippen molar-refractivity contribution in [2.24, 2.45) is 0 Å². The largest absolute Gasteiger partial charge is 0.477 e. The number of rotatable bonds is 6. The first-order chi connectivity index (χ1) is 12.0. The van der Waals surface area contributed by atoms with E-state index in [-0.39, 0.29) is 4.21 Å². The van der Waals surface area contributed by atoms with Gasteiger partial charge in [0.2, 0.25) is 5.88 Å². The van der Waals surface area contributed by atoms with E-state index in [1.54, 1.807) is 36.4 Å². The normalized spacial score (nSPS) is 11.3. The molecule has 0 amide bonds. The third-order valence-electron chi connectivity index (χ3n) is 3.16. The van der Waals surface area contributed by atoms with Crippen molar-refractivity contribution in [3.05, 3.63) is 52.9 Å². The molecule has 0 aliphatic carbocycles. The topological polar surface area (TPSA) is 81.2 Å². The summed E-state index contributed by atoms with van der Waals surface area (Å²) in [5, 5.41) is 8.07. The lowest BCUT2D eigenvalue weighted by Gasteiger charge is -2.08. The molecule has 0 fully saturated rings. The number of sulfonamides is 1. The van der Waals surface area contributed by atoms with Crippen LogP contribution in [0.5, 0.6) is 5.88 Å². The fraction of sp³-hybridized carbons (Fsp3) is 0.125. The molecule has 3 rings (SSSR count). The molecule has 3 aromatic rings. The predicted molar refractivity (Wildman–Crippen MR) is 98.8 cm³/mol. The van der Waals surface area contributed by atoms with E-state index in [9.17, 15) is 8.42 Å². The number of ether oxygens (including phenoxy) is 1. The molecule has 1 aromatic carbocycles. The van der Waals surface area contributed by atoms with Gasteiger partial charge >= 0.3 is 0 Å². The van der Waals surface area contributed by atoms with Crippen LogP contribution in [0.25, 0.3) is 11.3 Å². The van der Waals surface area contributed by atoms with Crippen LogP contribution < -0.4 is 9.46 Å². The van der Waals surface area contributed by atoms with E-state index in [1.165, 1.54) is 6.07 Å². The lowest BCUT2D eigenvalue weighted by Crippen LogP contribution is -2.11. The molecule has 0 saturated heterocycles. The summed E-state index contributed by atoms with van der Waals surface area (Å²) in [5.74, 6) is 0.442. The van der Waals surface area contributed by atoms with Crippen molar-refractivity contribution in [1.82, 2.24) is 10.2 Å². The molecule has 0 saturated carbocycles. The molecule has 0 aliphatic rings. The second kappa shape index (κ2) is 7.38. The lowest BCUT2D eigenvalue weighted by molar-refractivity contribution is 0.323. The SMILES string of the molecule is CCOc1ccc(-c2cccc(NS(=O)(=O)c3ccc(Cl)s3)c2)nn1. The van der Waals surface area contributed by atoms with Gasteiger partial charge in [-0.25, -0.2) is 8.42 Å². The first-order valence-electron chi connectivity index (χ1n) is 7.33. The number of hydrogen-bond acceptors (Lipinski definition) is 6. The first kappa shape index (κ1) is 17.7. The Balaban J connectivity index is 1.84. The summed E-state index contributed by atoms with van der Waals surface area (Å²) in [6.45, 7) is 2.38. The molecule has 0 atom stereocenters. The van der Waals surface area contributed by atoms with E-state index in [1.807, 2.05) is 13.0 Å². The van der Waals surface area contributed by atoms with Crippen molar-refractivity contribution >= 4 is 38.6 Å². The molecule has 25 heavy (non-hydrogen) atoms. The minimum absolute atomic E-state index is 0.156. The van der Waals surface area contributed by atoms with Crippen molar-refractivity contribution in [2.75, 3.05) is 11.3 Å². The molecule has 1 N–H and O–H groups in total. The quantitative estimate of drug-likeness (QED) is 0.680. The van der Waals surface area contributed by atoms with Crippen LogP contribution in [0.4, 0.5) is 5.69 Å². The van der Waals surface area contributed by atoms with Gasteiger partial charge in [-0.05, 0) is 37.3 Å². The minimum Gasteiger partial charge on any atom is -0.477 e. The van der Waals surface area contributed by atoms with Gasteiger partial charge < -0.3 is 4.74 Å². The molecule has 0 bridgehead atoms. The predicted octanol–water partition coefficient (Wildman–Crippen LogP) is 4.06. The third-order valence-corrected chi connectivity index (χ3v) is 6.26. The Hall–Kier alpha value is -2.16. The highest BCUT2D eigenvalue weighted by molar-refractivity contribution is 7.94. The van der Waals surface area contributed by atoms with E-state index in [0.717, 1.165) is 16.9 Å². The van der Waals surface area contributed by atoms with Gasteiger partial charge in [-0.2, -0.15) is 0 Å². The molecule has 2 aromatic heterocycles. The van der Waals surface area contributed by atoms with Gasteiger partial charge in [0, 0.05) is 17.3 Å². The summed E-state index contributed by atoms with van der Waals surface area (Å²) in [4.78, 5) is 0. The van der Waals surface area contributed by atoms with Crippen LogP contribution in [0.15, 0.2) is 52.7 Å². The molecule has 0 unspecified atom stereocenters. The number of nitrogens with one attached hydrogen (secondary N) is 1. The highest BCUT2D eigenvalue weighted by Gasteiger charge is 2.17. The zero-order chi connectivity index (χ0) is 17.9. The zero-order valence-electron chi connectivity index (χ0n) is 13.1. The van der Waals surface area contributed by atoms with Gasteiger partial charge in [0.15, 0.2) is 0 Å². The Morgan fingerprint density at radius 3 is 2.64 bits per heavy atom. The van der Waals surface area contributed by atoms with Crippen molar-refractivity contribution in [2.45, 2.75) is 11.1 Å². The number of aromatic nitrogens is 2. The summed E-state index contributed by atoms with van der Waals surface area (Å²) < 4.78 is 33.1. The lowest BCUT2D eigenvalue weighted by atomic mass is 10.1. The highest BCUT2D eigenvalue weighted by atomic mass is 35.5. The second-order valence-corrected chi connectivity index (χ2v) is 8.56. The van der Waals surface area contributed by atoms with Gasteiger partial charge in [0.05, 0.1) is 16.6 Å². The van der Waals surface area contributed by atoms with Crippen LogP contribution in [0.1, 0.15) is 6.92 Å². The fourth-order valence-electron chi connectivity index (χ4n) is 2.09. The Bertz CT molecular complexity index is 972. The van der Waals surface area contributed by atoms with E-state index < -0.39 is 10.0 Å². The average molecular weight is 396 g/mol.